The number of carbonyl (C=O) groups is 1. The van der Waals surface area contributed by atoms with E-state index in [9.17, 15) is 9.18 Å². The van der Waals surface area contributed by atoms with Gasteiger partial charge in [-0.1, -0.05) is 12.1 Å². The Kier molecular flexibility index (Phi) is 5.05. The number of fused-ring (bicyclic) bond motifs is 1. The van der Waals surface area contributed by atoms with Crippen LogP contribution in [0.15, 0.2) is 60.8 Å². The third-order valence-corrected chi connectivity index (χ3v) is 4.27. The second-order valence-electron chi connectivity index (χ2n) is 6.26. The lowest BCUT2D eigenvalue weighted by atomic mass is 10.1. The van der Waals surface area contributed by atoms with Crippen molar-refractivity contribution in [1.29, 1.82) is 0 Å². The van der Waals surface area contributed by atoms with E-state index in [0.29, 0.717) is 30.2 Å². The number of ether oxygens (including phenoxy) is 2. The van der Waals surface area contributed by atoms with E-state index in [1.165, 1.54) is 12.1 Å². The smallest absolute Gasteiger partial charge is 0.269 e. The number of rotatable bonds is 6. The molecule has 0 unspecified atom stereocenters. The van der Waals surface area contributed by atoms with Gasteiger partial charge in [0.05, 0.1) is 0 Å². The monoisotopic (exact) mass is 379 g/mol. The SMILES string of the molecule is O=C(NCCc1ccc(F)cc1)c1cc(Nc2ccc3c(c2)OCO3)ccn1. The summed E-state index contributed by atoms with van der Waals surface area (Å²) in [5.74, 6) is 0.847. The molecule has 1 aliphatic heterocycles. The molecule has 0 saturated heterocycles. The van der Waals surface area contributed by atoms with Crippen molar-refractivity contribution in [3.63, 3.8) is 0 Å². The van der Waals surface area contributed by atoms with E-state index >= 15 is 0 Å². The summed E-state index contributed by atoms with van der Waals surface area (Å²) in [4.78, 5) is 16.5. The van der Waals surface area contributed by atoms with Crippen LogP contribution >= 0.6 is 0 Å². The molecule has 4 rings (SSSR count). The van der Waals surface area contributed by atoms with Gasteiger partial charge < -0.3 is 20.1 Å². The molecule has 2 aromatic carbocycles. The summed E-state index contributed by atoms with van der Waals surface area (Å²) in [5.41, 5.74) is 2.81. The van der Waals surface area contributed by atoms with Crippen molar-refractivity contribution in [2.45, 2.75) is 6.42 Å². The van der Waals surface area contributed by atoms with Crippen LogP contribution in [0.5, 0.6) is 11.5 Å². The molecule has 1 aromatic heterocycles. The summed E-state index contributed by atoms with van der Waals surface area (Å²) < 4.78 is 23.6. The molecule has 1 aliphatic rings. The number of pyridine rings is 1. The zero-order chi connectivity index (χ0) is 19.3. The van der Waals surface area contributed by atoms with E-state index in [2.05, 4.69) is 15.6 Å². The average molecular weight is 379 g/mol. The van der Waals surface area contributed by atoms with Crippen molar-refractivity contribution in [3.05, 3.63) is 77.9 Å². The highest BCUT2D eigenvalue weighted by atomic mass is 19.1. The average Bonchev–Trinajstić information content (AvgIpc) is 3.17. The van der Waals surface area contributed by atoms with Gasteiger partial charge in [-0.2, -0.15) is 0 Å². The van der Waals surface area contributed by atoms with Crippen LogP contribution in [0.2, 0.25) is 0 Å². The standard InChI is InChI=1S/C21H18FN3O3/c22-15-3-1-14(2-4-15)7-9-24-21(26)18-11-17(8-10-23-18)25-16-5-6-19-20(12-16)28-13-27-19/h1-6,8,10-12H,7,9,13H2,(H,23,25)(H,24,26). The highest BCUT2D eigenvalue weighted by Crippen LogP contribution is 2.35. The third kappa shape index (κ3) is 4.20. The minimum Gasteiger partial charge on any atom is -0.454 e. The Bertz CT molecular complexity index is 992. The molecule has 2 N–H and O–H groups in total. The van der Waals surface area contributed by atoms with Gasteiger partial charge in [0.1, 0.15) is 11.5 Å². The maximum Gasteiger partial charge on any atom is 0.269 e. The molecule has 0 radical (unpaired) electrons. The Morgan fingerprint density at radius 1 is 1.00 bits per heavy atom. The maximum absolute atomic E-state index is 12.9. The summed E-state index contributed by atoms with van der Waals surface area (Å²) in [6.07, 6.45) is 2.19. The topological polar surface area (TPSA) is 72.5 Å². The van der Waals surface area contributed by atoms with Crippen LogP contribution in [0.4, 0.5) is 15.8 Å². The molecule has 142 valence electrons. The van der Waals surface area contributed by atoms with E-state index in [1.807, 2.05) is 18.2 Å². The molecule has 28 heavy (non-hydrogen) atoms. The van der Waals surface area contributed by atoms with E-state index in [4.69, 9.17) is 9.47 Å². The van der Waals surface area contributed by atoms with Gasteiger partial charge in [-0.25, -0.2) is 4.39 Å². The number of hydrogen-bond donors (Lipinski definition) is 2. The zero-order valence-corrected chi connectivity index (χ0v) is 14.9. The Morgan fingerprint density at radius 3 is 2.64 bits per heavy atom. The fraction of sp³-hybridized carbons (Fsp3) is 0.143. The number of hydrogen-bond acceptors (Lipinski definition) is 5. The van der Waals surface area contributed by atoms with Crippen LogP contribution in [-0.4, -0.2) is 24.2 Å². The number of halogens is 1. The molecule has 7 heteroatoms. The summed E-state index contributed by atoms with van der Waals surface area (Å²) >= 11 is 0. The van der Waals surface area contributed by atoms with Crippen molar-refractivity contribution >= 4 is 17.3 Å². The number of anilines is 2. The minimum atomic E-state index is -0.274. The van der Waals surface area contributed by atoms with Crippen LogP contribution in [0.1, 0.15) is 16.1 Å². The molecule has 0 saturated carbocycles. The van der Waals surface area contributed by atoms with Crippen molar-refractivity contribution < 1.29 is 18.7 Å². The zero-order valence-electron chi connectivity index (χ0n) is 14.9. The molecule has 0 fully saturated rings. The molecule has 0 spiro atoms. The van der Waals surface area contributed by atoms with Gasteiger partial charge >= 0.3 is 0 Å². The van der Waals surface area contributed by atoms with Gasteiger partial charge in [0.2, 0.25) is 6.79 Å². The minimum absolute atomic E-state index is 0.219. The van der Waals surface area contributed by atoms with Crippen LogP contribution in [0.25, 0.3) is 0 Å². The molecule has 2 heterocycles. The fourth-order valence-corrected chi connectivity index (χ4v) is 2.84. The third-order valence-electron chi connectivity index (χ3n) is 4.27. The molecule has 0 atom stereocenters. The van der Waals surface area contributed by atoms with Gasteiger partial charge in [0.15, 0.2) is 11.5 Å². The van der Waals surface area contributed by atoms with Crippen molar-refractivity contribution in [1.82, 2.24) is 10.3 Å². The first-order chi connectivity index (χ1) is 13.7. The molecule has 1 amide bonds. The number of nitrogens with one attached hydrogen (secondary N) is 2. The number of nitrogens with zero attached hydrogens (tertiary/aromatic N) is 1. The molecule has 6 nitrogen and oxygen atoms in total. The Morgan fingerprint density at radius 2 is 1.79 bits per heavy atom. The van der Waals surface area contributed by atoms with Crippen LogP contribution < -0.4 is 20.1 Å². The summed E-state index contributed by atoms with van der Waals surface area (Å²) in [7, 11) is 0. The number of benzene rings is 2. The van der Waals surface area contributed by atoms with Crippen LogP contribution in [0.3, 0.4) is 0 Å². The predicted octanol–water partition coefficient (Wildman–Crippen LogP) is 3.67. The molecule has 0 aliphatic carbocycles. The molecule has 3 aromatic rings. The van der Waals surface area contributed by atoms with Gasteiger partial charge in [-0.05, 0) is 48.4 Å². The van der Waals surface area contributed by atoms with Crippen molar-refractivity contribution in [2.24, 2.45) is 0 Å². The van der Waals surface area contributed by atoms with Crippen molar-refractivity contribution in [3.8, 4) is 11.5 Å². The highest BCUT2D eigenvalue weighted by Gasteiger charge is 2.13. The summed E-state index contributed by atoms with van der Waals surface area (Å²) in [5, 5.41) is 6.05. The number of carbonyl (C=O) groups excluding carboxylic acids is 1. The number of amides is 1. The predicted molar refractivity (Wildman–Crippen MR) is 103 cm³/mol. The van der Waals surface area contributed by atoms with E-state index in [1.54, 1.807) is 30.5 Å². The Hall–Kier alpha value is -3.61. The second-order valence-corrected chi connectivity index (χ2v) is 6.26. The summed E-state index contributed by atoms with van der Waals surface area (Å²) in [6.45, 7) is 0.655. The lowest BCUT2D eigenvalue weighted by Crippen LogP contribution is -2.26. The van der Waals surface area contributed by atoms with E-state index in [0.717, 1.165) is 16.9 Å². The Labute approximate surface area is 161 Å². The highest BCUT2D eigenvalue weighted by molar-refractivity contribution is 5.93. The number of aromatic nitrogens is 1. The first-order valence-electron chi connectivity index (χ1n) is 8.83. The Balaban J connectivity index is 1.36. The molecule has 0 bridgehead atoms. The van der Waals surface area contributed by atoms with Gasteiger partial charge in [-0.3, -0.25) is 9.78 Å². The van der Waals surface area contributed by atoms with Crippen LogP contribution in [-0.2, 0) is 6.42 Å². The van der Waals surface area contributed by atoms with Crippen molar-refractivity contribution in [2.75, 3.05) is 18.7 Å². The summed E-state index contributed by atoms with van der Waals surface area (Å²) in [6, 6.07) is 15.2. The van der Waals surface area contributed by atoms with E-state index < -0.39 is 0 Å². The lowest BCUT2D eigenvalue weighted by molar-refractivity contribution is 0.0949. The first-order valence-corrected chi connectivity index (χ1v) is 8.83. The second kappa shape index (κ2) is 7.96. The quantitative estimate of drug-likeness (QED) is 0.684. The van der Waals surface area contributed by atoms with E-state index in [-0.39, 0.29) is 18.5 Å². The largest absolute Gasteiger partial charge is 0.454 e. The fourth-order valence-electron chi connectivity index (χ4n) is 2.84. The molecular formula is C21H18FN3O3. The van der Waals surface area contributed by atoms with Crippen LogP contribution in [0, 0.1) is 5.82 Å². The van der Waals surface area contributed by atoms with Gasteiger partial charge in [-0.15, -0.1) is 0 Å². The van der Waals surface area contributed by atoms with Gasteiger partial charge in [0.25, 0.3) is 5.91 Å². The normalized spacial score (nSPS) is 11.9. The lowest BCUT2D eigenvalue weighted by Gasteiger charge is -2.09. The molecular weight excluding hydrogens is 361 g/mol. The first kappa shape index (κ1) is 17.8. The maximum atomic E-state index is 12.9. The van der Waals surface area contributed by atoms with Gasteiger partial charge in [0, 0.05) is 30.2 Å².